The number of hydrogen-bond donors (Lipinski definition) is 1. The van der Waals surface area contributed by atoms with Gasteiger partial charge in [-0.1, -0.05) is 19.9 Å². The number of likely N-dealkylation sites (tertiary alicyclic amines) is 1. The minimum atomic E-state index is -0.750. The zero-order valence-electron chi connectivity index (χ0n) is 12.8. The van der Waals surface area contributed by atoms with Gasteiger partial charge in [0.1, 0.15) is 12.6 Å². The maximum Gasteiger partial charge on any atom is 0.333 e. The Labute approximate surface area is 125 Å². The molecule has 1 saturated heterocycles. The van der Waals surface area contributed by atoms with Crippen LogP contribution in [0.5, 0.6) is 0 Å². The van der Waals surface area contributed by atoms with Gasteiger partial charge in [0.25, 0.3) is 0 Å². The largest absolute Gasteiger partial charge is 0.460 e. The fraction of sp³-hybridized carbons (Fsp3) is 0.667. The Kier molecular flexibility index (Phi) is 6.91. The van der Waals surface area contributed by atoms with E-state index >= 15 is 0 Å². The number of esters is 1. The number of amides is 2. The van der Waals surface area contributed by atoms with Crippen LogP contribution in [0.2, 0.25) is 0 Å². The van der Waals surface area contributed by atoms with E-state index in [9.17, 15) is 14.4 Å². The molecule has 0 bridgehead atoms. The maximum absolute atomic E-state index is 12.2. The van der Waals surface area contributed by atoms with Crippen molar-refractivity contribution in [1.29, 1.82) is 0 Å². The van der Waals surface area contributed by atoms with Crippen molar-refractivity contribution in [3.8, 4) is 0 Å². The van der Waals surface area contributed by atoms with Crippen LogP contribution in [0.1, 0.15) is 39.5 Å². The van der Waals surface area contributed by atoms with Crippen molar-refractivity contribution in [3.63, 3.8) is 0 Å². The maximum atomic E-state index is 12.2. The summed E-state index contributed by atoms with van der Waals surface area (Å²) in [4.78, 5) is 37.0. The predicted octanol–water partition coefficient (Wildman–Crippen LogP) is 1.01. The summed E-state index contributed by atoms with van der Waals surface area (Å²) in [5.41, 5.74) is 0.271. The summed E-state index contributed by atoms with van der Waals surface area (Å²) in [6, 6.07) is -0.750. The lowest BCUT2D eigenvalue weighted by Gasteiger charge is -2.26. The molecule has 1 heterocycles. The van der Waals surface area contributed by atoms with Gasteiger partial charge in [-0.3, -0.25) is 9.59 Å². The summed E-state index contributed by atoms with van der Waals surface area (Å²) in [7, 11) is 0. The number of ether oxygens (including phenoxy) is 1. The Morgan fingerprint density at radius 2 is 2.19 bits per heavy atom. The van der Waals surface area contributed by atoms with Crippen LogP contribution in [0.15, 0.2) is 12.2 Å². The molecule has 0 aromatic rings. The molecule has 0 aromatic heterocycles. The van der Waals surface area contributed by atoms with E-state index < -0.39 is 12.0 Å². The van der Waals surface area contributed by atoms with E-state index in [4.69, 9.17) is 4.74 Å². The third kappa shape index (κ3) is 5.21. The zero-order chi connectivity index (χ0) is 15.8. The quantitative estimate of drug-likeness (QED) is 0.412. The average molecular weight is 296 g/mol. The van der Waals surface area contributed by atoms with E-state index in [0.717, 1.165) is 19.3 Å². The van der Waals surface area contributed by atoms with E-state index in [1.54, 1.807) is 6.92 Å². The molecule has 21 heavy (non-hydrogen) atoms. The molecule has 0 aromatic carbocycles. The second-order valence-electron chi connectivity index (χ2n) is 5.23. The number of rotatable bonds is 8. The summed E-state index contributed by atoms with van der Waals surface area (Å²) < 4.78 is 5.06. The highest BCUT2D eigenvalue weighted by Crippen LogP contribution is 2.14. The third-order valence-electron chi connectivity index (χ3n) is 3.34. The Morgan fingerprint density at radius 1 is 1.48 bits per heavy atom. The fourth-order valence-corrected chi connectivity index (χ4v) is 2.09. The number of carbonyl (C=O) groups is 3. The average Bonchev–Trinajstić information content (AvgIpc) is 2.85. The summed E-state index contributed by atoms with van der Waals surface area (Å²) in [5.74, 6) is -0.891. The molecular formula is C15H24N2O4. The van der Waals surface area contributed by atoms with Crippen LogP contribution in [0, 0.1) is 0 Å². The van der Waals surface area contributed by atoms with Crippen molar-refractivity contribution in [1.82, 2.24) is 10.2 Å². The third-order valence-corrected chi connectivity index (χ3v) is 3.34. The molecule has 1 fully saturated rings. The normalized spacial score (nSPS) is 15.7. The van der Waals surface area contributed by atoms with Gasteiger partial charge in [-0.15, -0.1) is 0 Å². The number of unbranched alkanes of at least 4 members (excludes halogenated alkanes) is 1. The van der Waals surface area contributed by atoms with Crippen molar-refractivity contribution >= 4 is 17.8 Å². The topological polar surface area (TPSA) is 75.7 Å². The predicted molar refractivity (Wildman–Crippen MR) is 78.4 cm³/mol. The van der Waals surface area contributed by atoms with Crippen LogP contribution in [0.25, 0.3) is 0 Å². The van der Waals surface area contributed by atoms with Crippen LogP contribution in [0.3, 0.4) is 0 Å². The lowest BCUT2D eigenvalue weighted by Crippen LogP contribution is -2.50. The van der Waals surface area contributed by atoms with Crippen LogP contribution in [-0.2, 0) is 19.1 Å². The summed E-state index contributed by atoms with van der Waals surface area (Å²) in [6.07, 6.45) is 3.01. The molecule has 1 unspecified atom stereocenters. The van der Waals surface area contributed by atoms with E-state index in [1.807, 2.05) is 6.92 Å². The second kappa shape index (κ2) is 8.44. The van der Waals surface area contributed by atoms with E-state index in [2.05, 4.69) is 11.9 Å². The van der Waals surface area contributed by atoms with Crippen molar-refractivity contribution in [2.24, 2.45) is 0 Å². The molecule has 0 saturated carbocycles. The summed E-state index contributed by atoms with van der Waals surface area (Å²) >= 11 is 0. The zero-order valence-corrected chi connectivity index (χ0v) is 12.8. The van der Waals surface area contributed by atoms with Gasteiger partial charge in [0.15, 0.2) is 0 Å². The first kappa shape index (κ1) is 17.2. The highest BCUT2D eigenvalue weighted by atomic mass is 16.5. The highest BCUT2D eigenvalue weighted by molar-refractivity contribution is 5.90. The van der Waals surface area contributed by atoms with Gasteiger partial charge >= 0.3 is 5.97 Å². The minimum absolute atomic E-state index is 0.0722. The van der Waals surface area contributed by atoms with Crippen LogP contribution < -0.4 is 5.32 Å². The van der Waals surface area contributed by atoms with Crippen LogP contribution in [-0.4, -0.2) is 48.4 Å². The van der Waals surface area contributed by atoms with Crippen molar-refractivity contribution in [2.75, 3.05) is 19.7 Å². The number of nitrogens with zero attached hydrogens (tertiary/aromatic N) is 1. The first-order valence-corrected chi connectivity index (χ1v) is 7.37. The Hall–Kier alpha value is -1.85. The van der Waals surface area contributed by atoms with Gasteiger partial charge in [0, 0.05) is 25.1 Å². The van der Waals surface area contributed by atoms with Crippen molar-refractivity contribution in [3.05, 3.63) is 12.2 Å². The standard InChI is InChI=1S/C15H24N2O4/c1-4-5-8-16-14(19)12(10-21-15(20)11(2)3)17-9-6-7-13(17)18/h12H,2,4-10H2,1,3H3,(H,16,19). The first-order valence-electron chi connectivity index (χ1n) is 7.37. The SMILES string of the molecule is C=C(C)C(=O)OCC(C(=O)NCCCC)N1CCCC1=O. The lowest BCUT2D eigenvalue weighted by atomic mass is 10.2. The number of nitrogens with one attached hydrogen (secondary N) is 1. The summed E-state index contributed by atoms with van der Waals surface area (Å²) in [6.45, 7) is 8.02. The molecular weight excluding hydrogens is 272 g/mol. The molecule has 1 N–H and O–H groups in total. The highest BCUT2D eigenvalue weighted by Gasteiger charge is 2.33. The molecule has 0 spiro atoms. The molecule has 1 aliphatic heterocycles. The lowest BCUT2D eigenvalue weighted by molar-refractivity contribution is -0.147. The molecule has 6 heteroatoms. The van der Waals surface area contributed by atoms with Gasteiger partial charge in [-0.05, 0) is 19.8 Å². The van der Waals surface area contributed by atoms with Crippen LogP contribution in [0.4, 0.5) is 0 Å². The molecule has 1 atom stereocenters. The van der Waals surface area contributed by atoms with Gasteiger partial charge < -0.3 is 15.0 Å². The van der Waals surface area contributed by atoms with Crippen molar-refractivity contribution < 1.29 is 19.1 Å². The van der Waals surface area contributed by atoms with E-state index in [0.29, 0.717) is 19.5 Å². The van der Waals surface area contributed by atoms with Crippen molar-refractivity contribution in [2.45, 2.75) is 45.6 Å². The Balaban J connectivity index is 2.65. The number of hydrogen-bond acceptors (Lipinski definition) is 4. The minimum Gasteiger partial charge on any atom is -0.460 e. The molecule has 1 rings (SSSR count). The summed E-state index contributed by atoms with van der Waals surface area (Å²) in [5, 5.41) is 2.79. The Morgan fingerprint density at radius 3 is 2.71 bits per heavy atom. The number of carbonyl (C=O) groups excluding carboxylic acids is 3. The fourth-order valence-electron chi connectivity index (χ4n) is 2.09. The van der Waals surface area contributed by atoms with Gasteiger partial charge in [0.2, 0.25) is 11.8 Å². The molecule has 0 radical (unpaired) electrons. The van der Waals surface area contributed by atoms with Gasteiger partial charge in [0.05, 0.1) is 0 Å². The van der Waals surface area contributed by atoms with Crippen LogP contribution >= 0.6 is 0 Å². The van der Waals surface area contributed by atoms with Gasteiger partial charge in [-0.25, -0.2) is 4.79 Å². The Bertz CT molecular complexity index is 420. The van der Waals surface area contributed by atoms with Gasteiger partial charge in [-0.2, -0.15) is 0 Å². The molecule has 6 nitrogen and oxygen atoms in total. The second-order valence-corrected chi connectivity index (χ2v) is 5.23. The van der Waals surface area contributed by atoms with E-state index in [-0.39, 0.29) is 24.0 Å². The first-order chi connectivity index (χ1) is 9.97. The molecule has 1 aliphatic rings. The van der Waals surface area contributed by atoms with E-state index in [1.165, 1.54) is 4.90 Å². The molecule has 2 amide bonds. The molecule has 118 valence electrons. The molecule has 0 aliphatic carbocycles. The monoisotopic (exact) mass is 296 g/mol. The smallest absolute Gasteiger partial charge is 0.333 e.